The Kier molecular flexibility index (Phi) is 4.99. The number of pyridine rings is 1. The van der Waals surface area contributed by atoms with Crippen molar-refractivity contribution in [1.82, 2.24) is 9.29 Å². The number of nitrogens with one attached hydrogen (secondary N) is 1. The van der Waals surface area contributed by atoms with E-state index in [-0.39, 0.29) is 4.90 Å². The molecule has 0 atom stereocenters. The maximum absolute atomic E-state index is 12.8. The Bertz CT molecular complexity index is 541. The van der Waals surface area contributed by atoms with Crippen molar-refractivity contribution in [2.45, 2.75) is 38.0 Å². The largest absolute Gasteiger partial charge is 0.384 e. The van der Waals surface area contributed by atoms with E-state index in [2.05, 4.69) is 10.3 Å². The Labute approximate surface area is 121 Å². The average Bonchev–Trinajstić information content (AvgIpc) is 2.38. The number of hydrogen-bond acceptors (Lipinski definition) is 4. The molecule has 1 N–H and O–H groups in total. The van der Waals surface area contributed by atoms with E-state index in [0.717, 1.165) is 12.8 Å². The van der Waals surface area contributed by atoms with Crippen LogP contribution in [0.2, 0.25) is 0 Å². The number of sulfonamides is 1. The van der Waals surface area contributed by atoms with Crippen LogP contribution >= 0.6 is 0 Å². The van der Waals surface area contributed by atoms with E-state index in [9.17, 15) is 8.42 Å². The van der Waals surface area contributed by atoms with Crippen molar-refractivity contribution in [3.63, 3.8) is 0 Å². The molecule has 0 saturated heterocycles. The number of rotatable bonds is 7. The average molecular weight is 297 g/mol. The monoisotopic (exact) mass is 297 g/mol. The molecule has 0 aromatic carbocycles. The van der Waals surface area contributed by atoms with Crippen molar-refractivity contribution < 1.29 is 8.42 Å². The molecule has 1 aromatic heterocycles. The summed E-state index contributed by atoms with van der Waals surface area (Å²) in [6.45, 7) is 5.64. The maximum atomic E-state index is 12.8. The van der Waals surface area contributed by atoms with E-state index in [4.69, 9.17) is 0 Å². The first-order valence-electron chi connectivity index (χ1n) is 7.27. The topological polar surface area (TPSA) is 62.3 Å². The molecule has 1 aromatic rings. The van der Waals surface area contributed by atoms with E-state index in [1.165, 1.54) is 12.6 Å². The molecule has 1 fully saturated rings. The van der Waals surface area contributed by atoms with Gasteiger partial charge in [-0.3, -0.25) is 4.98 Å². The van der Waals surface area contributed by atoms with Gasteiger partial charge in [0.25, 0.3) is 0 Å². The number of aromatic nitrogens is 1. The van der Waals surface area contributed by atoms with Crippen molar-refractivity contribution in [2.75, 3.05) is 25.0 Å². The van der Waals surface area contributed by atoms with Gasteiger partial charge < -0.3 is 5.32 Å². The van der Waals surface area contributed by atoms with Crippen LogP contribution in [-0.4, -0.2) is 37.3 Å². The molecule has 1 saturated carbocycles. The van der Waals surface area contributed by atoms with Crippen LogP contribution < -0.4 is 5.32 Å². The van der Waals surface area contributed by atoms with Crippen LogP contribution in [0.1, 0.15) is 33.1 Å². The predicted molar refractivity (Wildman–Crippen MR) is 80.2 cm³/mol. The van der Waals surface area contributed by atoms with Crippen LogP contribution in [0.15, 0.2) is 23.4 Å². The van der Waals surface area contributed by atoms with Crippen molar-refractivity contribution in [1.29, 1.82) is 0 Å². The lowest BCUT2D eigenvalue weighted by Crippen LogP contribution is -2.37. The van der Waals surface area contributed by atoms with Crippen LogP contribution in [0.25, 0.3) is 0 Å². The minimum atomic E-state index is -3.47. The molecular formula is C14H23N3O2S. The van der Waals surface area contributed by atoms with E-state index in [1.807, 2.05) is 13.8 Å². The summed E-state index contributed by atoms with van der Waals surface area (Å²) in [6.07, 6.45) is 6.55. The fourth-order valence-electron chi connectivity index (χ4n) is 2.42. The van der Waals surface area contributed by atoms with E-state index < -0.39 is 10.0 Å². The minimum absolute atomic E-state index is 0.281. The van der Waals surface area contributed by atoms with Gasteiger partial charge in [-0.1, -0.05) is 13.3 Å². The zero-order valence-corrected chi connectivity index (χ0v) is 13.0. The molecule has 0 radical (unpaired) electrons. The molecule has 0 bridgehead atoms. The third kappa shape index (κ3) is 3.12. The van der Waals surface area contributed by atoms with Gasteiger partial charge in [-0.15, -0.1) is 0 Å². The molecule has 6 heteroatoms. The summed E-state index contributed by atoms with van der Waals surface area (Å²) in [5, 5.41) is 3.10. The highest BCUT2D eigenvalue weighted by Crippen LogP contribution is 2.30. The third-order valence-electron chi connectivity index (χ3n) is 3.81. The van der Waals surface area contributed by atoms with Gasteiger partial charge in [0, 0.05) is 32.0 Å². The lowest BCUT2D eigenvalue weighted by atomic mass is 9.85. The first-order chi connectivity index (χ1) is 9.59. The fourth-order valence-corrected chi connectivity index (χ4v) is 4.06. The summed E-state index contributed by atoms with van der Waals surface area (Å²) < 4.78 is 27.1. The zero-order chi connectivity index (χ0) is 14.6. The quantitative estimate of drug-likeness (QED) is 0.839. The standard InChI is InChI=1S/C14H23N3O2S/c1-3-16-13-8-9-15-10-14(13)20(18,19)17(4-2)11-12-6-5-7-12/h8-10,12H,3-7,11H2,1-2H3,(H,15,16). The highest BCUT2D eigenvalue weighted by molar-refractivity contribution is 7.89. The van der Waals surface area contributed by atoms with Crippen molar-refractivity contribution in [3.8, 4) is 0 Å². The first kappa shape index (κ1) is 15.3. The Balaban J connectivity index is 2.27. The van der Waals surface area contributed by atoms with Gasteiger partial charge in [-0.2, -0.15) is 4.31 Å². The molecule has 1 heterocycles. The second-order valence-corrected chi connectivity index (χ2v) is 7.06. The Morgan fingerprint density at radius 2 is 2.15 bits per heavy atom. The van der Waals surface area contributed by atoms with Crippen LogP contribution in [-0.2, 0) is 10.0 Å². The normalized spacial score (nSPS) is 16.1. The molecule has 0 spiro atoms. The van der Waals surface area contributed by atoms with Gasteiger partial charge in [0.1, 0.15) is 4.90 Å². The molecule has 2 rings (SSSR count). The van der Waals surface area contributed by atoms with Gasteiger partial charge in [0.15, 0.2) is 0 Å². The highest BCUT2D eigenvalue weighted by Gasteiger charge is 2.30. The predicted octanol–water partition coefficient (Wildman–Crippen LogP) is 2.32. The van der Waals surface area contributed by atoms with Crippen LogP contribution in [0.4, 0.5) is 5.69 Å². The molecular weight excluding hydrogens is 274 g/mol. The molecule has 0 unspecified atom stereocenters. The molecule has 20 heavy (non-hydrogen) atoms. The lowest BCUT2D eigenvalue weighted by molar-refractivity contribution is 0.250. The summed E-state index contributed by atoms with van der Waals surface area (Å²) in [5.74, 6) is 0.518. The maximum Gasteiger partial charge on any atom is 0.246 e. The molecule has 0 aliphatic heterocycles. The number of nitrogens with zero attached hydrogens (tertiary/aromatic N) is 2. The summed E-state index contributed by atoms with van der Waals surface area (Å²) in [6, 6.07) is 1.72. The van der Waals surface area contributed by atoms with E-state index in [0.29, 0.717) is 31.2 Å². The second kappa shape index (κ2) is 6.54. The van der Waals surface area contributed by atoms with E-state index >= 15 is 0 Å². The number of anilines is 1. The van der Waals surface area contributed by atoms with Crippen molar-refractivity contribution in [3.05, 3.63) is 18.5 Å². The SMILES string of the molecule is CCNc1ccncc1S(=O)(=O)N(CC)CC1CCC1. The Morgan fingerprint density at radius 1 is 1.40 bits per heavy atom. The molecule has 5 nitrogen and oxygen atoms in total. The minimum Gasteiger partial charge on any atom is -0.384 e. The third-order valence-corrected chi connectivity index (χ3v) is 5.78. The lowest BCUT2D eigenvalue weighted by Gasteiger charge is -2.31. The fraction of sp³-hybridized carbons (Fsp3) is 0.643. The van der Waals surface area contributed by atoms with Crippen LogP contribution in [0.5, 0.6) is 0 Å². The van der Waals surface area contributed by atoms with Crippen LogP contribution in [0, 0.1) is 5.92 Å². The molecule has 0 amide bonds. The molecule has 1 aliphatic carbocycles. The molecule has 112 valence electrons. The van der Waals surface area contributed by atoms with Gasteiger partial charge in [-0.05, 0) is 31.7 Å². The smallest absolute Gasteiger partial charge is 0.246 e. The second-order valence-electron chi connectivity index (χ2n) is 5.15. The van der Waals surface area contributed by atoms with Gasteiger partial charge in [-0.25, -0.2) is 8.42 Å². The summed E-state index contributed by atoms with van der Waals surface area (Å²) in [4.78, 5) is 4.26. The van der Waals surface area contributed by atoms with E-state index in [1.54, 1.807) is 16.6 Å². The van der Waals surface area contributed by atoms with Crippen molar-refractivity contribution in [2.24, 2.45) is 5.92 Å². The number of hydrogen-bond donors (Lipinski definition) is 1. The van der Waals surface area contributed by atoms with Crippen molar-refractivity contribution >= 4 is 15.7 Å². The Hall–Kier alpha value is -1.14. The summed E-state index contributed by atoms with van der Waals surface area (Å²) in [7, 11) is -3.47. The summed E-state index contributed by atoms with van der Waals surface area (Å²) >= 11 is 0. The Morgan fingerprint density at radius 3 is 2.70 bits per heavy atom. The summed E-state index contributed by atoms with van der Waals surface area (Å²) in [5.41, 5.74) is 0.634. The first-order valence-corrected chi connectivity index (χ1v) is 8.71. The molecule has 1 aliphatic rings. The zero-order valence-electron chi connectivity index (χ0n) is 12.2. The van der Waals surface area contributed by atoms with Gasteiger partial charge in [0.05, 0.1) is 5.69 Å². The highest BCUT2D eigenvalue weighted by atomic mass is 32.2. The van der Waals surface area contributed by atoms with Crippen LogP contribution in [0.3, 0.4) is 0 Å². The van der Waals surface area contributed by atoms with Gasteiger partial charge >= 0.3 is 0 Å². The van der Waals surface area contributed by atoms with Gasteiger partial charge in [0.2, 0.25) is 10.0 Å².